The summed E-state index contributed by atoms with van der Waals surface area (Å²) in [4.78, 5) is 12.3. The number of carbonyl (C=O) groups is 1. The summed E-state index contributed by atoms with van der Waals surface area (Å²) in [5, 5.41) is 8.47. The van der Waals surface area contributed by atoms with Crippen LogP contribution in [-0.4, -0.2) is 33.8 Å². The molecule has 20 heavy (non-hydrogen) atoms. The fourth-order valence-electron chi connectivity index (χ4n) is 1.53. The van der Waals surface area contributed by atoms with Crippen molar-refractivity contribution >= 4 is 17.7 Å². The summed E-state index contributed by atoms with van der Waals surface area (Å²) in [5.41, 5.74) is 5.03. The summed E-state index contributed by atoms with van der Waals surface area (Å²) in [6.45, 7) is 0.385. The average Bonchev–Trinajstić information content (AvgIpc) is 2.90. The lowest BCUT2D eigenvalue weighted by molar-refractivity contribution is 0.0563. The van der Waals surface area contributed by atoms with Gasteiger partial charge in [-0.2, -0.15) is 15.0 Å². The van der Waals surface area contributed by atoms with E-state index in [0.717, 1.165) is 0 Å². The molecule has 1 atom stereocenters. The van der Waals surface area contributed by atoms with Crippen LogP contribution in [0.1, 0.15) is 0 Å². The fourth-order valence-corrected chi connectivity index (χ4v) is 1.65. The van der Waals surface area contributed by atoms with Crippen LogP contribution >= 0.6 is 11.6 Å². The van der Waals surface area contributed by atoms with Crippen LogP contribution in [0.3, 0.4) is 0 Å². The Balaban J connectivity index is 1.93. The van der Waals surface area contributed by atoms with E-state index >= 15 is 0 Å². The Morgan fingerprint density at radius 2 is 1.95 bits per heavy atom. The third-order valence-electron chi connectivity index (χ3n) is 2.37. The normalized spacial score (nSPS) is 11.8. The third kappa shape index (κ3) is 4.43. The Labute approximate surface area is 120 Å². The predicted molar refractivity (Wildman–Crippen MR) is 71.4 cm³/mol. The maximum atomic E-state index is 10.9. The van der Waals surface area contributed by atoms with Gasteiger partial charge in [0.15, 0.2) is 6.10 Å². The number of amides is 1. The number of ether oxygens (including phenoxy) is 2. The van der Waals surface area contributed by atoms with Gasteiger partial charge in [-0.05, 0) is 24.3 Å². The Kier molecular flexibility index (Phi) is 4.78. The SMILES string of the molecule is NC(=O)OC(COc1ccc(Cl)cc1)Cn1nccn1. The van der Waals surface area contributed by atoms with Gasteiger partial charge in [0, 0.05) is 5.02 Å². The first-order valence-corrected chi connectivity index (χ1v) is 6.20. The molecule has 1 aromatic heterocycles. The number of hydrogen-bond acceptors (Lipinski definition) is 5. The van der Waals surface area contributed by atoms with Crippen LogP contribution in [-0.2, 0) is 11.3 Å². The minimum Gasteiger partial charge on any atom is -0.490 e. The van der Waals surface area contributed by atoms with Gasteiger partial charge in [-0.25, -0.2) is 4.79 Å². The number of carbonyl (C=O) groups excluding carboxylic acids is 1. The van der Waals surface area contributed by atoms with E-state index in [1.807, 2.05) is 0 Å². The van der Waals surface area contributed by atoms with Crippen LogP contribution in [0.4, 0.5) is 4.79 Å². The van der Waals surface area contributed by atoms with Gasteiger partial charge in [-0.3, -0.25) is 0 Å². The molecule has 7 nitrogen and oxygen atoms in total. The van der Waals surface area contributed by atoms with E-state index in [1.54, 1.807) is 24.3 Å². The highest BCUT2D eigenvalue weighted by Crippen LogP contribution is 2.16. The van der Waals surface area contributed by atoms with Gasteiger partial charge in [-0.15, -0.1) is 0 Å². The Morgan fingerprint density at radius 3 is 2.55 bits per heavy atom. The van der Waals surface area contributed by atoms with Crippen molar-refractivity contribution < 1.29 is 14.3 Å². The molecule has 0 radical (unpaired) electrons. The van der Waals surface area contributed by atoms with Crippen molar-refractivity contribution in [3.05, 3.63) is 41.7 Å². The number of halogens is 1. The number of aromatic nitrogens is 3. The van der Waals surface area contributed by atoms with E-state index in [4.69, 9.17) is 26.8 Å². The Morgan fingerprint density at radius 1 is 1.30 bits per heavy atom. The third-order valence-corrected chi connectivity index (χ3v) is 2.62. The molecule has 0 aliphatic heterocycles. The number of rotatable bonds is 6. The van der Waals surface area contributed by atoms with Crippen LogP contribution < -0.4 is 10.5 Å². The topological polar surface area (TPSA) is 92.3 Å². The summed E-state index contributed by atoms with van der Waals surface area (Å²) in [5.74, 6) is 0.612. The second-order valence-corrected chi connectivity index (χ2v) is 4.34. The largest absolute Gasteiger partial charge is 0.490 e. The van der Waals surface area contributed by atoms with Crippen LogP contribution in [0.15, 0.2) is 36.7 Å². The highest BCUT2D eigenvalue weighted by molar-refractivity contribution is 6.30. The molecule has 2 N–H and O–H groups in total. The number of nitrogens with two attached hydrogens (primary N) is 1. The molecule has 0 spiro atoms. The van der Waals surface area contributed by atoms with Crippen molar-refractivity contribution in [3.63, 3.8) is 0 Å². The van der Waals surface area contributed by atoms with Crippen LogP contribution in [0.25, 0.3) is 0 Å². The molecule has 1 unspecified atom stereocenters. The highest BCUT2D eigenvalue weighted by Gasteiger charge is 2.15. The second-order valence-electron chi connectivity index (χ2n) is 3.91. The van der Waals surface area contributed by atoms with Crippen molar-refractivity contribution in [2.45, 2.75) is 12.6 Å². The fraction of sp³-hybridized carbons (Fsp3) is 0.250. The monoisotopic (exact) mass is 296 g/mol. The zero-order chi connectivity index (χ0) is 14.4. The molecule has 0 fully saturated rings. The maximum Gasteiger partial charge on any atom is 0.404 e. The lowest BCUT2D eigenvalue weighted by atomic mass is 10.3. The molecule has 0 bridgehead atoms. The van der Waals surface area contributed by atoms with Crippen molar-refractivity contribution in [1.82, 2.24) is 15.0 Å². The first-order valence-electron chi connectivity index (χ1n) is 5.82. The molecule has 2 rings (SSSR count). The molecule has 0 saturated heterocycles. The number of nitrogens with zero attached hydrogens (tertiary/aromatic N) is 3. The van der Waals surface area contributed by atoms with Crippen LogP contribution in [0.2, 0.25) is 5.02 Å². The Hall–Kier alpha value is -2.28. The van der Waals surface area contributed by atoms with E-state index < -0.39 is 12.2 Å². The molecule has 0 saturated carbocycles. The van der Waals surface area contributed by atoms with Crippen molar-refractivity contribution in [1.29, 1.82) is 0 Å². The molecule has 1 aromatic carbocycles. The number of primary amides is 1. The lowest BCUT2D eigenvalue weighted by Crippen LogP contribution is -2.32. The lowest BCUT2D eigenvalue weighted by Gasteiger charge is -2.16. The molecule has 8 heteroatoms. The van der Waals surface area contributed by atoms with Crippen LogP contribution in [0.5, 0.6) is 5.75 Å². The number of hydrogen-bond donors (Lipinski definition) is 1. The summed E-state index contributed by atoms with van der Waals surface area (Å²) in [6.07, 6.45) is 1.60. The van der Waals surface area contributed by atoms with E-state index in [0.29, 0.717) is 10.8 Å². The van der Waals surface area contributed by atoms with Gasteiger partial charge in [0.1, 0.15) is 18.9 Å². The highest BCUT2D eigenvalue weighted by atomic mass is 35.5. The molecule has 1 amide bonds. The quantitative estimate of drug-likeness (QED) is 0.871. The zero-order valence-corrected chi connectivity index (χ0v) is 11.2. The predicted octanol–water partition coefficient (Wildman–Crippen LogP) is 1.47. The van der Waals surface area contributed by atoms with E-state index in [1.165, 1.54) is 17.2 Å². The maximum absolute atomic E-state index is 10.9. The van der Waals surface area contributed by atoms with Gasteiger partial charge < -0.3 is 15.2 Å². The van der Waals surface area contributed by atoms with Gasteiger partial charge >= 0.3 is 6.09 Å². The summed E-state index contributed by atoms with van der Waals surface area (Å²) in [6, 6.07) is 6.84. The van der Waals surface area contributed by atoms with E-state index in [2.05, 4.69) is 10.2 Å². The molecule has 0 aliphatic rings. The number of benzene rings is 1. The van der Waals surface area contributed by atoms with E-state index in [-0.39, 0.29) is 13.2 Å². The summed E-state index contributed by atoms with van der Waals surface area (Å²) < 4.78 is 10.5. The molecule has 1 heterocycles. The zero-order valence-electron chi connectivity index (χ0n) is 10.5. The van der Waals surface area contributed by atoms with E-state index in [9.17, 15) is 4.79 Å². The molecular weight excluding hydrogens is 284 g/mol. The van der Waals surface area contributed by atoms with Gasteiger partial charge in [0.25, 0.3) is 0 Å². The standard InChI is InChI=1S/C12H13ClN4O3/c13-9-1-3-10(4-2-9)19-8-11(20-12(14)18)7-17-15-5-6-16-17/h1-6,11H,7-8H2,(H2,14,18). The van der Waals surface area contributed by atoms with Gasteiger partial charge in [0.05, 0.1) is 12.4 Å². The first-order chi connectivity index (χ1) is 9.63. The Bertz CT molecular complexity index is 544. The molecule has 2 aromatic rings. The second kappa shape index (κ2) is 6.76. The first kappa shape index (κ1) is 14.1. The van der Waals surface area contributed by atoms with Crippen molar-refractivity contribution in [3.8, 4) is 5.75 Å². The van der Waals surface area contributed by atoms with Crippen molar-refractivity contribution in [2.24, 2.45) is 5.73 Å². The summed E-state index contributed by atoms with van der Waals surface area (Å²) in [7, 11) is 0. The molecular formula is C12H13ClN4O3. The minimum absolute atomic E-state index is 0.131. The van der Waals surface area contributed by atoms with Crippen molar-refractivity contribution in [2.75, 3.05) is 6.61 Å². The molecule has 0 aliphatic carbocycles. The van der Waals surface area contributed by atoms with Crippen LogP contribution in [0, 0.1) is 0 Å². The minimum atomic E-state index is -0.873. The molecule has 106 valence electrons. The van der Waals surface area contributed by atoms with Gasteiger partial charge in [0.2, 0.25) is 0 Å². The van der Waals surface area contributed by atoms with Gasteiger partial charge in [-0.1, -0.05) is 11.6 Å². The average molecular weight is 297 g/mol. The smallest absolute Gasteiger partial charge is 0.404 e. The summed E-state index contributed by atoms with van der Waals surface area (Å²) >= 11 is 5.78.